The summed E-state index contributed by atoms with van der Waals surface area (Å²) in [4.78, 5) is 23.0. The van der Waals surface area contributed by atoms with Crippen LogP contribution in [0.5, 0.6) is 0 Å². The quantitative estimate of drug-likeness (QED) is 0.480. The highest BCUT2D eigenvalue weighted by Crippen LogP contribution is 2.27. The summed E-state index contributed by atoms with van der Waals surface area (Å²) in [6.45, 7) is -0.206. The average molecular weight is 359 g/mol. The van der Waals surface area contributed by atoms with Crippen LogP contribution in [0.25, 0.3) is 11.3 Å². The molecule has 1 aromatic heterocycles. The van der Waals surface area contributed by atoms with Crippen molar-refractivity contribution in [2.45, 2.75) is 6.61 Å². The zero-order valence-electron chi connectivity index (χ0n) is 12.9. The lowest BCUT2D eigenvalue weighted by molar-refractivity contribution is 0.0469. The molecule has 6 heteroatoms. The highest BCUT2D eigenvalue weighted by molar-refractivity contribution is 6.33. The summed E-state index contributed by atoms with van der Waals surface area (Å²) < 4.78 is 24.1. The second-order valence-electron chi connectivity index (χ2n) is 5.18. The van der Waals surface area contributed by atoms with E-state index in [0.29, 0.717) is 17.6 Å². The SMILES string of the molecule is O=Cc1ccc(-c2ccc(Cl)c(C(=O)OCc3ccccc3F)c2)o1. The van der Waals surface area contributed by atoms with E-state index in [1.54, 1.807) is 24.3 Å². The minimum atomic E-state index is -0.683. The van der Waals surface area contributed by atoms with Crippen LogP contribution in [0.4, 0.5) is 4.39 Å². The first-order valence-electron chi connectivity index (χ1n) is 7.34. The number of aldehydes is 1. The minimum absolute atomic E-state index is 0.125. The molecule has 4 nitrogen and oxygen atoms in total. The summed E-state index contributed by atoms with van der Waals surface area (Å²) >= 11 is 6.06. The summed E-state index contributed by atoms with van der Waals surface area (Å²) in [7, 11) is 0. The van der Waals surface area contributed by atoms with Crippen molar-refractivity contribution < 1.29 is 23.1 Å². The maximum Gasteiger partial charge on any atom is 0.340 e. The molecule has 0 saturated heterocycles. The number of ether oxygens (including phenoxy) is 1. The molecular formula is C19H12ClFO4. The number of halogens is 2. The van der Waals surface area contributed by atoms with Gasteiger partial charge in [0.25, 0.3) is 0 Å². The largest absolute Gasteiger partial charge is 0.457 e. The molecule has 3 aromatic rings. The lowest BCUT2D eigenvalue weighted by atomic mass is 10.1. The van der Waals surface area contributed by atoms with Crippen LogP contribution in [0.2, 0.25) is 5.02 Å². The van der Waals surface area contributed by atoms with Crippen molar-refractivity contribution in [3.05, 3.63) is 82.3 Å². The molecule has 0 N–H and O–H groups in total. The summed E-state index contributed by atoms with van der Waals surface area (Å²) in [5, 5.41) is 0.199. The van der Waals surface area contributed by atoms with Crippen molar-refractivity contribution in [2.24, 2.45) is 0 Å². The van der Waals surface area contributed by atoms with E-state index in [2.05, 4.69) is 0 Å². The molecule has 0 spiro atoms. The molecule has 0 saturated carbocycles. The van der Waals surface area contributed by atoms with E-state index in [1.165, 1.54) is 30.3 Å². The molecule has 0 amide bonds. The number of hydrogen-bond acceptors (Lipinski definition) is 4. The lowest BCUT2D eigenvalue weighted by Crippen LogP contribution is -2.07. The average Bonchev–Trinajstić information content (AvgIpc) is 3.10. The number of carbonyl (C=O) groups is 2. The van der Waals surface area contributed by atoms with Crippen LogP contribution in [0.15, 0.2) is 59.0 Å². The Kier molecular flexibility index (Phi) is 4.95. The molecule has 25 heavy (non-hydrogen) atoms. The van der Waals surface area contributed by atoms with E-state index in [-0.39, 0.29) is 28.5 Å². The molecule has 0 unspecified atom stereocenters. The van der Waals surface area contributed by atoms with Crippen molar-refractivity contribution in [2.75, 3.05) is 0 Å². The molecule has 0 aliphatic carbocycles. The number of benzene rings is 2. The summed E-state index contributed by atoms with van der Waals surface area (Å²) in [5.41, 5.74) is 0.958. The van der Waals surface area contributed by atoms with Gasteiger partial charge in [0.05, 0.1) is 10.6 Å². The van der Waals surface area contributed by atoms with Crippen LogP contribution in [-0.2, 0) is 11.3 Å². The van der Waals surface area contributed by atoms with Crippen molar-refractivity contribution in [3.8, 4) is 11.3 Å². The fourth-order valence-electron chi connectivity index (χ4n) is 2.24. The first-order valence-corrected chi connectivity index (χ1v) is 7.72. The van der Waals surface area contributed by atoms with Gasteiger partial charge < -0.3 is 9.15 Å². The number of carbonyl (C=O) groups excluding carboxylic acids is 2. The predicted molar refractivity (Wildman–Crippen MR) is 90.1 cm³/mol. The third-order valence-electron chi connectivity index (χ3n) is 3.53. The Morgan fingerprint density at radius 2 is 1.96 bits per heavy atom. The van der Waals surface area contributed by atoms with Gasteiger partial charge in [-0.3, -0.25) is 4.79 Å². The molecule has 126 valence electrons. The van der Waals surface area contributed by atoms with Gasteiger partial charge >= 0.3 is 5.97 Å². The minimum Gasteiger partial charge on any atom is -0.457 e. The third kappa shape index (κ3) is 3.78. The van der Waals surface area contributed by atoms with Gasteiger partial charge in [0.15, 0.2) is 12.0 Å². The number of furan rings is 1. The maximum absolute atomic E-state index is 13.6. The van der Waals surface area contributed by atoms with E-state index in [4.69, 9.17) is 20.8 Å². The maximum atomic E-state index is 13.6. The van der Waals surface area contributed by atoms with Crippen molar-refractivity contribution in [3.63, 3.8) is 0 Å². The van der Waals surface area contributed by atoms with Crippen LogP contribution >= 0.6 is 11.6 Å². The van der Waals surface area contributed by atoms with Gasteiger partial charge in [-0.1, -0.05) is 29.8 Å². The van der Waals surface area contributed by atoms with Crippen molar-refractivity contribution >= 4 is 23.9 Å². The van der Waals surface area contributed by atoms with Crippen LogP contribution in [0.1, 0.15) is 26.5 Å². The normalized spacial score (nSPS) is 10.5. The molecule has 0 aliphatic rings. The summed E-state index contributed by atoms with van der Waals surface area (Å²) in [5.74, 6) is -0.542. The van der Waals surface area contributed by atoms with Crippen LogP contribution in [-0.4, -0.2) is 12.3 Å². The van der Waals surface area contributed by atoms with Crippen molar-refractivity contribution in [1.29, 1.82) is 0 Å². The Bertz CT molecular complexity index is 933. The van der Waals surface area contributed by atoms with E-state index in [1.807, 2.05) is 0 Å². The fraction of sp³-hybridized carbons (Fsp3) is 0.0526. The van der Waals surface area contributed by atoms with Crippen molar-refractivity contribution in [1.82, 2.24) is 0 Å². The third-order valence-corrected chi connectivity index (χ3v) is 3.86. The Labute approximate surface area is 147 Å². The molecule has 0 bridgehead atoms. The van der Waals surface area contributed by atoms with Crippen LogP contribution in [0.3, 0.4) is 0 Å². The first-order chi connectivity index (χ1) is 12.1. The van der Waals surface area contributed by atoms with Gasteiger partial charge in [0.1, 0.15) is 18.2 Å². The van der Waals surface area contributed by atoms with Gasteiger partial charge in [-0.15, -0.1) is 0 Å². The highest BCUT2D eigenvalue weighted by atomic mass is 35.5. The molecule has 1 heterocycles. The first kappa shape index (κ1) is 16.9. The van der Waals surface area contributed by atoms with Gasteiger partial charge in [0, 0.05) is 11.1 Å². The molecule has 0 fully saturated rings. The Hall–Kier alpha value is -2.92. The highest BCUT2D eigenvalue weighted by Gasteiger charge is 2.15. The van der Waals surface area contributed by atoms with Gasteiger partial charge in [0.2, 0.25) is 0 Å². The van der Waals surface area contributed by atoms with Gasteiger partial charge in [-0.2, -0.15) is 0 Å². The zero-order valence-corrected chi connectivity index (χ0v) is 13.6. The smallest absolute Gasteiger partial charge is 0.340 e. The Morgan fingerprint density at radius 1 is 1.16 bits per heavy atom. The molecule has 3 rings (SSSR count). The summed E-state index contributed by atoms with van der Waals surface area (Å²) in [6.07, 6.45) is 0.586. The zero-order chi connectivity index (χ0) is 17.8. The summed E-state index contributed by atoms with van der Waals surface area (Å²) in [6, 6.07) is 13.8. The van der Waals surface area contributed by atoms with E-state index < -0.39 is 11.8 Å². The Morgan fingerprint density at radius 3 is 2.68 bits per heavy atom. The molecule has 0 atom stereocenters. The van der Waals surface area contributed by atoms with E-state index in [9.17, 15) is 14.0 Å². The van der Waals surface area contributed by atoms with E-state index in [0.717, 1.165) is 0 Å². The Balaban J connectivity index is 1.81. The standard InChI is InChI=1S/C19H12ClFO4/c20-16-7-5-12(18-8-6-14(10-22)25-18)9-15(16)19(23)24-11-13-3-1-2-4-17(13)21/h1-10H,11H2. The number of hydrogen-bond donors (Lipinski definition) is 0. The fourth-order valence-corrected chi connectivity index (χ4v) is 2.44. The van der Waals surface area contributed by atoms with Gasteiger partial charge in [-0.25, -0.2) is 9.18 Å². The number of rotatable bonds is 5. The molecule has 2 aromatic carbocycles. The van der Waals surface area contributed by atoms with Gasteiger partial charge in [-0.05, 0) is 36.4 Å². The van der Waals surface area contributed by atoms with E-state index >= 15 is 0 Å². The topological polar surface area (TPSA) is 56.5 Å². The number of esters is 1. The molecular weight excluding hydrogens is 347 g/mol. The lowest BCUT2D eigenvalue weighted by Gasteiger charge is -2.08. The molecule has 0 aliphatic heterocycles. The molecule has 0 radical (unpaired) electrons. The monoisotopic (exact) mass is 358 g/mol. The predicted octanol–water partition coefficient (Wildman–Crippen LogP) is 4.91. The second-order valence-corrected chi connectivity index (χ2v) is 5.59. The van der Waals surface area contributed by atoms with Crippen LogP contribution < -0.4 is 0 Å². The second kappa shape index (κ2) is 7.32. The van der Waals surface area contributed by atoms with Crippen LogP contribution in [0, 0.1) is 5.82 Å².